The lowest BCUT2D eigenvalue weighted by molar-refractivity contribution is 0.713. The van der Waals surface area contributed by atoms with Crippen LogP contribution in [0.25, 0.3) is 0 Å². The molecule has 0 nitrogen and oxygen atoms in total. The molecule has 0 saturated heterocycles. The van der Waals surface area contributed by atoms with Crippen molar-refractivity contribution in [1.29, 1.82) is 0 Å². The van der Waals surface area contributed by atoms with Crippen molar-refractivity contribution in [1.82, 2.24) is 0 Å². The maximum atomic E-state index is 2.36. The molecule has 0 N–H and O–H groups in total. The Balaban J connectivity index is 2.50. The van der Waals surface area contributed by atoms with Gasteiger partial charge in [0.1, 0.15) is 0 Å². The van der Waals surface area contributed by atoms with Gasteiger partial charge in [-0.15, -0.1) is 0 Å². The molecule has 0 heterocycles. The largest absolute Gasteiger partial charge is 0.0808 e. The molecular formula is C10H15. The van der Waals surface area contributed by atoms with Gasteiger partial charge in [0.25, 0.3) is 0 Å². The van der Waals surface area contributed by atoms with Gasteiger partial charge in [-0.2, -0.15) is 0 Å². The fourth-order valence-electron chi connectivity index (χ4n) is 1.20. The van der Waals surface area contributed by atoms with Crippen LogP contribution in [0, 0.1) is 12.3 Å². The Kier molecular flexibility index (Phi) is 2.73. The topological polar surface area (TPSA) is 0 Å². The Labute approximate surface area is 63.6 Å². The third-order valence-corrected chi connectivity index (χ3v) is 1.98. The first-order valence-electron chi connectivity index (χ1n) is 4.09. The summed E-state index contributed by atoms with van der Waals surface area (Å²) in [5, 5.41) is 0. The molecule has 0 aromatic heterocycles. The molecule has 0 bridgehead atoms. The molecule has 0 fully saturated rings. The fourth-order valence-corrected chi connectivity index (χ4v) is 1.20. The zero-order valence-corrected chi connectivity index (χ0v) is 6.80. The molecule has 1 rings (SSSR count). The lowest BCUT2D eigenvalue weighted by Crippen LogP contribution is -2.00. The van der Waals surface area contributed by atoms with E-state index >= 15 is 0 Å². The highest BCUT2D eigenvalue weighted by Crippen LogP contribution is 2.21. The van der Waals surface area contributed by atoms with E-state index in [1.165, 1.54) is 18.4 Å². The van der Waals surface area contributed by atoms with E-state index in [-0.39, 0.29) is 0 Å². The third-order valence-electron chi connectivity index (χ3n) is 1.98. The minimum absolute atomic E-state index is 0.694. The van der Waals surface area contributed by atoms with E-state index in [4.69, 9.17) is 0 Å². The van der Waals surface area contributed by atoms with E-state index in [2.05, 4.69) is 38.5 Å². The summed E-state index contributed by atoms with van der Waals surface area (Å²) in [7, 11) is 0. The average molecular weight is 135 g/mol. The van der Waals surface area contributed by atoms with Crippen LogP contribution >= 0.6 is 0 Å². The van der Waals surface area contributed by atoms with Crippen molar-refractivity contribution >= 4 is 0 Å². The van der Waals surface area contributed by atoms with E-state index in [1.54, 1.807) is 0 Å². The molecule has 55 valence electrons. The lowest BCUT2D eigenvalue weighted by Gasteiger charge is -2.14. The standard InChI is InChI=1S/C10H15/c1-3-9-6-5-7-10(4-2)8-9/h5-9H,3-4H2,1-2H3. The highest BCUT2D eigenvalue weighted by atomic mass is 14.1. The summed E-state index contributed by atoms with van der Waals surface area (Å²) in [4.78, 5) is 0. The number of allylic oxidation sites excluding steroid dienone is 4. The van der Waals surface area contributed by atoms with Gasteiger partial charge < -0.3 is 0 Å². The van der Waals surface area contributed by atoms with Gasteiger partial charge in [0.2, 0.25) is 0 Å². The molecule has 0 aromatic carbocycles. The Morgan fingerprint density at radius 2 is 2.20 bits per heavy atom. The lowest BCUT2D eigenvalue weighted by atomic mass is 9.91. The molecule has 1 atom stereocenters. The summed E-state index contributed by atoms with van der Waals surface area (Å²) in [6, 6.07) is 0. The van der Waals surface area contributed by atoms with Gasteiger partial charge in [-0.1, -0.05) is 37.6 Å². The monoisotopic (exact) mass is 135 g/mol. The summed E-state index contributed by atoms with van der Waals surface area (Å²) >= 11 is 0. The zero-order valence-electron chi connectivity index (χ0n) is 6.80. The molecule has 0 heteroatoms. The maximum absolute atomic E-state index is 2.36. The Hall–Kier alpha value is -0.520. The summed E-state index contributed by atoms with van der Waals surface area (Å²) < 4.78 is 0. The summed E-state index contributed by atoms with van der Waals surface area (Å²) in [5.41, 5.74) is 1.48. The number of hydrogen-bond acceptors (Lipinski definition) is 0. The van der Waals surface area contributed by atoms with Crippen LogP contribution in [0.15, 0.2) is 23.8 Å². The van der Waals surface area contributed by atoms with Crippen molar-refractivity contribution in [2.24, 2.45) is 5.92 Å². The quantitative estimate of drug-likeness (QED) is 0.545. The smallest absolute Gasteiger partial charge is 0.00659 e. The van der Waals surface area contributed by atoms with Crippen molar-refractivity contribution in [2.75, 3.05) is 0 Å². The Bertz CT molecular complexity index is 151. The van der Waals surface area contributed by atoms with Crippen LogP contribution in [-0.4, -0.2) is 0 Å². The normalized spacial score (nSPS) is 24.6. The molecule has 0 spiro atoms. The molecule has 0 aromatic rings. The van der Waals surface area contributed by atoms with E-state index in [0.29, 0.717) is 5.92 Å². The molecule has 1 radical (unpaired) electrons. The van der Waals surface area contributed by atoms with Crippen LogP contribution in [0.4, 0.5) is 0 Å². The van der Waals surface area contributed by atoms with E-state index in [1.807, 2.05) is 0 Å². The second-order valence-corrected chi connectivity index (χ2v) is 2.72. The summed E-state index contributed by atoms with van der Waals surface area (Å²) in [5.74, 6) is 0.694. The van der Waals surface area contributed by atoms with Crippen LogP contribution in [0.3, 0.4) is 0 Å². The second-order valence-electron chi connectivity index (χ2n) is 2.72. The minimum Gasteiger partial charge on any atom is -0.0808 e. The van der Waals surface area contributed by atoms with Crippen LogP contribution in [0.2, 0.25) is 0 Å². The maximum Gasteiger partial charge on any atom is -0.00659 e. The van der Waals surface area contributed by atoms with Crippen LogP contribution in [0.5, 0.6) is 0 Å². The SMILES string of the molecule is CCC1=CC=CC(CC)[CH]1. The second kappa shape index (κ2) is 3.60. The molecule has 10 heavy (non-hydrogen) atoms. The number of hydrogen-bond donors (Lipinski definition) is 0. The average Bonchev–Trinajstić information content (AvgIpc) is 2.05. The summed E-state index contributed by atoms with van der Waals surface area (Å²) in [6.45, 7) is 4.43. The van der Waals surface area contributed by atoms with Crippen LogP contribution in [0.1, 0.15) is 26.7 Å². The van der Waals surface area contributed by atoms with Gasteiger partial charge in [-0.05, 0) is 25.2 Å². The first-order chi connectivity index (χ1) is 4.86. The van der Waals surface area contributed by atoms with Gasteiger partial charge in [-0.3, -0.25) is 0 Å². The molecule has 0 aliphatic heterocycles. The van der Waals surface area contributed by atoms with Crippen molar-refractivity contribution in [3.05, 3.63) is 30.2 Å². The predicted octanol–water partition coefficient (Wildman–Crippen LogP) is 3.12. The highest BCUT2D eigenvalue weighted by Gasteiger charge is 2.07. The van der Waals surface area contributed by atoms with Crippen molar-refractivity contribution in [3.63, 3.8) is 0 Å². The summed E-state index contributed by atoms with van der Waals surface area (Å²) in [6.07, 6.45) is 11.4. The predicted molar refractivity (Wildman–Crippen MR) is 45.6 cm³/mol. The molecule has 0 amide bonds. The first-order valence-corrected chi connectivity index (χ1v) is 4.09. The van der Waals surface area contributed by atoms with Gasteiger partial charge in [0.05, 0.1) is 0 Å². The van der Waals surface area contributed by atoms with Gasteiger partial charge >= 0.3 is 0 Å². The van der Waals surface area contributed by atoms with E-state index in [9.17, 15) is 0 Å². The molecule has 1 aliphatic rings. The van der Waals surface area contributed by atoms with E-state index < -0.39 is 0 Å². The van der Waals surface area contributed by atoms with Gasteiger partial charge in [0, 0.05) is 0 Å². The Morgan fingerprint density at radius 1 is 1.40 bits per heavy atom. The number of rotatable bonds is 2. The van der Waals surface area contributed by atoms with E-state index in [0.717, 1.165) is 0 Å². The van der Waals surface area contributed by atoms with Crippen molar-refractivity contribution in [3.8, 4) is 0 Å². The van der Waals surface area contributed by atoms with Crippen molar-refractivity contribution < 1.29 is 0 Å². The van der Waals surface area contributed by atoms with Gasteiger partial charge in [0.15, 0.2) is 0 Å². The third kappa shape index (κ3) is 1.73. The van der Waals surface area contributed by atoms with Gasteiger partial charge in [-0.25, -0.2) is 0 Å². The fraction of sp³-hybridized carbons (Fsp3) is 0.500. The molecular weight excluding hydrogens is 120 g/mol. The van der Waals surface area contributed by atoms with Crippen LogP contribution < -0.4 is 0 Å². The first kappa shape index (κ1) is 7.59. The zero-order chi connectivity index (χ0) is 7.40. The highest BCUT2D eigenvalue weighted by molar-refractivity contribution is 5.27. The Morgan fingerprint density at radius 3 is 2.80 bits per heavy atom. The molecule has 1 aliphatic carbocycles. The minimum atomic E-state index is 0.694. The molecule has 0 saturated carbocycles. The van der Waals surface area contributed by atoms with Crippen LogP contribution in [-0.2, 0) is 0 Å². The molecule has 1 unspecified atom stereocenters. The van der Waals surface area contributed by atoms with Crippen molar-refractivity contribution in [2.45, 2.75) is 26.7 Å².